The molecule has 1 unspecified atom stereocenters. The van der Waals surface area contributed by atoms with Crippen molar-refractivity contribution in [3.8, 4) is 0 Å². The second kappa shape index (κ2) is 8.37. The van der Waals surface area contributed by atoms with E-state index in [1.165, 1.54) is 6.42 Å². The van der Waals surface area contributed by atoms with Crippen LogP contribution in [0.25, 0.3) is 11.0 Å². The minimum absolute atomic E-state index is 0.0149. The number of aryl methyl sites for hydroxylation is 1. The molecule has 1 saturated heterocycles. The van der Waals surface area contributed by atoms with Gasteiger partial charge in [0.25, 0.3) is 5.91 Å². The summed E-state index contributed by atoms with van der Waals surface area (Å²) in [6.07, 6.45) is 5.87. The number of likely N-dealkylation sites (tertiary alicyclic amines) is 1. The molecule has 29 heavy (non-hydrogen) atoms. The number of anilines is 2. The lowest BCUT2D eigenvalue weighted by Gasteiger charge is -2.35. The number of piperidine rings is 1. The maximum atomic E-state index is 13.6. The number of carbonyl (C=O) groups is 1. The number of fused-ring (bicyclic) bond motifs is 1. The zero-order chi connectivity index (χ0) is 20.4. The molecular formula is C23H25ClN4O. The van der Waals surface area contributed by atoms with Crippen molar-refractivity contribution in [2.45, 2.75) is 45.6 Å². The Morgan fingerprint density at radius 1 is 1.24 bits per heavy atom. The van der Waals surface area contributed by atoms with Crippen LogP contribution < -0.4 is 5.32 Å². The van der Waals surface area contributed by atoms with Crippen molar-refractivity contribution in [2.24, 2.45) is 0 Å². The van der Waals surface area contributed by atoms with E-state index in [2.05, 4.69) is 22.2 Å². The van der Waals surface area contributed by atoms with Crippen LogP contribution in [0.5, 0.6) is 0 Å². The summed E-state index contributed by atoms with van der Waals surface area (Å²) in [7, 11) is 0. The Hall–Kier alpha value is -2.66. The van der Waals surface area contributed by atoms with Gasteiger partial charge < -0.3 is 10.2 Å². The normalized spacial score (nSPS) is 16.8. The minimum atomic E-state index is 0.0149. The summed E-state index contributed by atoms with van der Waals surface area (Å²) in [6.45, 7) is 4.86. The van der Waals surface area contributed by atoms with Crippen LogP contribution in [0.1, 0.15) is 48.7 Å². The molecule has 150 valence electrons. The fourth-order valence-corrected chi connectivity index (χ4v) is 4.20. The van der Waals surface area contributed by atoms with E-state index >= 15 is 0 Å². The molecule has 6 heteroatoms. The molecular weight excluding hydrogens is 384 g/mol. The summed E-state index contributed by atoms with van der Waals surface area (Å²) < 4.78 is 0. The Kier molecular flexibility index (Phi) is 5.67. The van der Waals surface area contributed by atoms with Crippen molar-refractivity contribution in [3.05, 3.63) is 58.9 Å². The van der Waals surface area contributed by atoms with E-state index in [-0.39, 0.29) is 11.9 Å². The van der Waals surface area contributed by atoms with Crippen molar-refractivity contribution in [1.29, 1.82) is 0 Å². The number of hydrogen-bond donors (Lipinski definition) is 1. The maximum absolute atomic E-state index is 13.6. The Labute approximate surface area is 176 Å². The monoisotopic (exact) mass is 408 g/mol. The number of amides is 1. The number of rotatable bonds is 4. The zero-order valence-electron chi connectivity index (χ0n) is 16.8. The quantitative estimate of drug-likeness (QED) is 0.598. The lowest BCUT2D eigenvalue weighted by Crippen LogP contribution is -2.43. The van der Waals surface area contributed by atoms with Gasteiger partial charge in [0.05, 0.1) is 22.0 Å². The van der Waals surface area contributed by atoms with E-state index < -0.39 is 0 Å². The Morgan fingerprint density at radius 2 is 2.07 bits per heavy atom. The van der Waals surface area contributed by atoms with E-state index in [1.54, 1.807) is 6.20 Å². The molecule has 4 rings (SSSR count). The molecule has 0 bridgehead atoms. The standard InChI is InChI=1S/C23H25ClN4O/c1-3-16-8-6-7-13-28(16)23(29)18-14-25-22-17(12-11-15(2)26-22)21(18)27-20-10-5-4-9-19(20)24/h4-5,9-12,14,16H,3,6-8,13H2,1-2H3,(H,25,26,27). The molecule has 0 saturated carbocycles. The van der Waals surface area contributed by atoms with Gasteiger partial charge in [-0.2, -0.15) is 0 Å². The van der Waals surface area contributed by atoms with Crippen molar-refractivity contribution in [3.63, 3.8) is 0 Å². The predicted octanol–water partition coefficient (Wildman–Crippen LogP) is 5.74. The predicted molar refractivity (Wildman–Crippen MR) is 118 cm³/mol. The average Bonchev–Trinajstić information content (AvgIpc) is 2.74. The average molecular weight is 409 g/mol. The summed E-state index contributed by atoms with van der Waals surface area (Å²) in [4.78, 5) is 24.6. The van der Waals surface area contributed by atoms with E-state index in [4.69, 9.17) is 11.6 Å². The number of halogens is 1. The molecule has 1 aliphatic heterocycles. The lowest BCUT2D eigenvalue weighted by atomic mass is 9.98. The van der Waals surface area contributed by atoms with Gasteiger partial charge in [-0.1, -0.05) is 30.7 Å². The molecule has 0 spiro atoms. The van der Waals surface area contributed by atoms with Crippen molar-refractivity contribution >= 4 is 39.9 Å². The van der Waals surface area contributed by atoms with Crippen molar-refractivity contribution < 1.29 is 4.79 Å². The van der Waals surface area contributed by atoms with Crippen LogP contribution in [-0.4, -0.2) is 33.4 Å². The Morgan fingerprint density at radius 3 is 2.86 bits per heavy atom. The minimum Gasteiger partial charge on any atom is -0.353 e. The van der Waals surface area contributed by atoms with Crippen LogP contribution in [0.15, 0.2) is 42.6 Å². The van der Waals surface area contributed by atoms with Gasteiger partial charge in [0.2, 0.25) is 0 Å². The van der Waals surface area contributed by atoms with Gasteiger partial charge in [-0.3, -0.25) is 4.79 Å². The van der Waals surface area contributed by atoms with Crippen LogP contribution in [-0.2, 0) is 0 Å². The highest BCUT2D eigenvalue weighted by molar-refractivity contribution is 6.33. The molecule has 2 aromatic heterocycles. The fourth-order valence-electron chi connectivity index (χ4n) is 4.01. The second-order valence-electron chi connectivity index (χ2n) is 7.53. The number of benzene rings is 1. The molecule has 5 nitrogen and oxygen atoms in total. The van der Waals surface area contributed by atoms with Gasteiger partial charge in [0, 0.05) is 29.9 Å². The van der Waals surface area contributed by atoms with E-state index in [1.807, 2.05) is 48.2 Å². The number of nitrogens with zero attached hydrogens (tertiary/aromatic N) is 3. The number of nitrogens with one attached hydrogen (secondary N) is 1. The highest BCUT2D eigenvalue weighted by Gasteiger charge is 2.29. The van der Waals surface area contributed by atoms with Gasteiger partial charge >= 0.3 is 0 Å². The lowest BCUT2D eigenvalue weighted by molar-refractivity contribution is 0.0609. The number of aromatic nitrogens is 2. The van der Waals surface area contributed by atoms with Gasteiger partial charge in [0.15, 0.2) is 5.65 Å². The summed E-state index contributed by atoms with van der Waals surface area (Å²) in [5, 5.41) is 4.81. The van der Waals surface area contributed by atoms with Crippen LogP contribution >= 0.6 is 11.6 Å². The SMILES string of the molecule is CCC1CCCCN1C(=O)c1cnc2nc(C)ccc2c1Nc1ccccc1Cl. The number of hydrogen-bond acceptors (Lipinski definition) is 4. The molecule has 1 atom stereocenters. The summed E-state index contributed by atoms with van der Waals surface area (Å²) >= 11 is 6.39. The first-order chi connectivity index (χ1) is 14.1. The largest absolute Gasteiger partial charge is 0.353 e. The van der Waals surface area contributed by atoms with Crippen LogP contribution in [0.4, 0.5) is 11.4 Å². The fraction of sp³-hybridized carbons (Fsp3) is 0.348. The number of carbonyl (C=O) groups excluding carboxylic acids is 1. The third-order valence-electron chi connectivity index (χ3n) is 5.59. The number of para-hydroxylation sites is 1. The van der Waals surface area contributed by atoms with E-state index in [0.29, 0.717) is 21.9 Å². The first kappa shape index (κ1) is 19.6. The third kappa shape index (κ3) is 3.92. The van der Waals surface area contributed by atoms with Gasteiger partial charge in [0.1, 0.15) is 0 Å². The van der Waals surface area contributed by atoms with Crippen molar-refractivity contribution in [1.82, 2.24) is 14.9 Å². The zero-order valence-corrected chi connectivity index (χ0v) is 17.5. The summed E-state index contributed by atoms with van der Waals surface area (Å²) in [5.41, 5.74) is 3.52. The van der Waals surface area contributed by atoms with Gasteiger partial charge in [-0.25, -0.2) is 9.97 Å². The molecule has 1 aromatic carbocycles. The van der Waals surface area contributed by atoms with Crippen LogP contribution in [0.3, 0.4) is 0 Å². The first-order valence-electron chi connectivity index (χ1n) is 10.2. The van der Waals surface area contributed by atoms with Gasteiger partial charge in [-0.05, 0) is 56.9 Å². The maximum Gasteiger partial charge on any atom is 0.257 e. The van der Waals surface area contributed by atoms with E-state index in [9.17, 15) is 4.79 Å². The molecule has 3 heterocycles. The second-order valence-corrected chi connectivity index (χ2v) is 7.94. The highest BCUT2D eigenvalue weighted by atomic mass is 35.5. The molecule has 3 aromatic rings. The topological polar surface area (TPSA) is 58.1 Å². The summed E-state index contributed by atoms with van der Waals surface area (Å²) in [6, 6.07) is 11.7. The van der Waals surface area contributed by atoms with Crippen molar-refractivity contribution in [2.75, 3.05) is 11.9 Å². The van der Waals surface area contributed by atoms with Gasteiger partial charge in [-0.15, -0.1) is 0 Å². The molecule has 1 N–H and O–H groups in total. The molecule has 1 fully saturated rings. The van der Waals surface area contributed by atoms with E-state index in [0.717, 1.165) is 42.6 Å². The highest BCUT2D eigenvalue weighted by Crippen LogP contribution is 2.33. The Bertz CT molecular complexity index is 1050. The molecule has 0 radical (unpaired) electrons. The first-order valence-corrected chi connectivity index (χ1v) is 10.5. The van der Waals surface area contributed by atoms with Crippen LogP contribution in [0.2, 0.25) is 5.02 Å². The summed E-state index contributed by atoms with van der Waals surface area (Å²) in [5.74, 6) is 0.0149. The molecule has 0 aliphatic carbocycles. The Balaban J connectivity index is 1.83. The third-order valence-corrected chi connectivity index (χ3v) is 5.92. The molecule has 1 aliphatic rings. The molecule has 1 amide bonds. The smallest absolute Gasteiger partial charge is 0.257 e. The number of pyridine rings is 2. The van der Waals surface area contributed by atoms with Crippen LogP contribution in [0, 0.1) is 6.92 Å².